The van der Waals surface area contributed by atoms with Crippen molar-refractivity contribution in [1.82, 2.24) is 4.98 Å². The van der Waals surface area contributed by atoms with Crippen LogP contribution in [0.3, 0.4) is 0 Å². The van der Waals surface area contributed by atoms with Gasteiger partial charge in [-0.15, -0.1) is 0 Å². The maximum atomic E-state index is 14.9. The number of nitrogens with zero attached hydrogens (tertiary/aromatic N) is 3. The van der Waals surface area contributed by atoms with E-state index in [1.165, 1.54) is 44.5 Å². The van der Waals surface area contributed by atoms with E-state index in [2.05, 4.69) is 15.3 Å². The fraction of sp³-hybridized carbons (Fsp3) is 0.333. The second kappa shape index (κ2) is 8.65. The van der Waals surface area contributed by atoms with Crippen LogP contribution in [0.2, 0.25) is 0 Å². The molecule has 0 spiro atoms. The third kappa shape index (κ3) is 4.32. The summed E-state index contributed by atoms with van der Waals surface area (Å²) in [4.78, 5) is 20.6. The van der Waals surface area contributed by atoms with Gasteiger partial charge in [-0.3, -0.25) is 4.79 Å². The predicted octanol–water partition coefficient (Wildman–Crippen LogP) is 2.65. The van der Waals surface area contributed by atoms with Crippen molar-refractivity contribution >= 4 is 17.6 Å². The molecular formula is C21H21F2N5O3. The lowest BCUT2D eigenvalue weighted by atomic mass is 9.81. The van der Waals surface area contributed by atoms with Crippen molar-refractivity contribution in [3.8, 4) is 6.07 Å². The van der Waals surface area contributed by atoms with Gasteiger partial charge >= 0.3 is 0 Å². The lowest BCUT2D eigenvalue weighted by Crippen LogP contribution is -2.55. The maximum Gasteiger partial charge on any atom is 0.283 e. The summed E-state index contributed by atoms with van der Waals surface area (Å²) in [5, 5.41) is 11.5. The minimum atomic E-state index is -1.47. The molecule has 0 saturated carbocycles. The standard InChI is InChI=1S/C21H21F2N5O3/c1-11(22)17-18(30-3)21(2,28-20(25)31-17)14-8-13(5-6-15(14)23)27-19(29)16-7-4-12(9-24)10-26-16/h4-8,10-11,17-18H,1-3H3,(H2,25,28)(H,27,29)/t11?,17-,18+,21-/m1/s1. The first-order valence-corrected chi connectivity index (χ1v) is 9.36. The summed E-state index contributed by atoms with van der Waals surface area (Å²) in [6.45, 7) is 2.84. The Morgan fingerprint density at radius 3 is 2.74 bits per heavy atom. The van der Waals surface area contributed by atoms with Gasteiger partial charge in [0.05, 0.1) is 5.56 Å². The molecule has 0 bridgehead atoms. The van der Waals surface area contributed by atoms with Crippen molar-refractivity contribution < 1.29 is 23.0 Å². The number of amides is 1. The van der Waals surface area contributed by atoms with Gasteiger partial charge in [0.15, 0.2) is 6.10 Å². The van der Waals surface area contributed by atoms with Crippen LogP contribution in [0.4, 0.5) is 14.5 Å². The average molecular weight is 429 g/mol. The minimum absolute atomic E-state index is 0.0434. The van der Waals surface area contributed by atoms with E-state index in [-0.39, 0.29) is 23.0 Å². The Morgan fingerprint density at radius 2 is 2.16 bits per heavy atom. The number of carbonyl (C=O) groups is 1. The fourth-order valence-electron chi connectivity index (χ4n) is 3.53. The molecule has 0 saturated heterocycles. The largest absolute Gasteiger partial charge is 0.456 e. The molecule has 31 heavy (non-hydrogen) atoms. The first kappa shape index (κ1) is 22.1. The van der Waals surface area contributed by atoms with Crippen LogP contribution in [0.25, 0.3) is 0 Å². The number of nitrogens with two attached hydrogens (primary N) is 1. The van der Waals surface area contributed by atoms with Crippen LogP contribution in [0.1, 0.15) is 35.5 Å². The lowest BCUT2D eigenvalue weighted by Gasteiger charge is -2.42. The van der Waals surface area contributed by atoms with Crippen molar-refractivity contribution in [2.45, 2.75) is 37.8 Å². The van der Waals surface area contributed by atoms with Crippen LogP contribution in [0.5, 0.6) is 0 Å². The first-order valence-electron chi connectivity index (χ1n) is 9.36. The molecule has 10 heteroatoms. The highest BCUT2D eigenvalue weighted by atomic mass is 19.1. The Balaban J connectivity index is 1.96. The molecule has 2 heterocycles. The third-order valence-electron chi connectivity index (χ3n) is 5.05. The summed E-state index contributed by atoms with van der Waals surface area (Å²) < 4.78 is 39.7. The second-order valence-electron chi connectivity index (χ2n) is 7.21. The summed E-state index contributed by atoms with van der Waals surface area (Å²) in [5.41, 5.74) is 5.01. The number of nitriles is 1. The van der Waals surface area contributed by atoms with Gasteiger partial charge < -0.3 is 20.5 Å². The number of hydrogen-bond donors (Lipinski definition) is 2. The van der Waals surface area contributed by atoms with Gasteiger partial charge in [0, 0.05) is 24.6 Å². The van der Waals surface area contributed by atoms with Crippen LogP contribution in [0.15, 0.2) is 41.5 Å². The number of nitrogens with one attached hydrogen (secondary N) is 1. The molecule has 1 aliphatic heterocycles. The molecule has 3 rings (SSSR count). The van der Waals surface area contributed by atoms with E-state index in [4.69, 9.17) is 20.5 Å². The van der Waals surface area contributed by atoms with E-state index in [1.807, 2.05) is 6.07 Å². The number of aliphatic imine (C=N–C) groups is 1. The number of halogens is 2. The van der Waals surface area contributed by atoms with Crippen molar-refractivity contribution in [1.29, 1.82) is 5.26 Å². The van der Waals surface area contributed by atoms with E-state index in [0.29, 0.717) is 5.56 Å². The molecule has 8 nitrogen and oxygen atoms in total. The zero-order chi connectivity index (χ0) is 22.8. The van der Waals surface area contributed by atoms with Crippen molar-refractivity contribution in [3.63, 3.8) is 0 Å². The molecule has 1 aromatic heterocycles. The number of methoxy groups -OCH3 is 1. The fourth-order valence-corrected chi connectivity index (χ4v) is 3.53. The third-order valence-corrected chi connectivity index (χ3v) is 5.05. The molecule has 3 N–H and O–H groups in total. The molecule has 1 aliphatic rings. The van der Waals surface area contributed by atoms with E-state index < -0.39 is 35.6 Å². The van der Waals surface area contributed by atoms with Gasteiger partial charge in [-0.25, -0.2) is 18.8 Å². The minimum Gasteiger partial charge on any atom is -0.456 e. The zero-order valence-electron chi connectivity index (χ0n) is 17.1. The Morgan fingerprint density at radius 1 is 1.42 bits per heavy atom. The van der Waals surface area contributed by atoms with Gasteiger partial charge in [-0.2, -0.15) is 5.26 Å². The Labute approximate surface area is 177 Å². The van der Waals surface area contributed by atoms with Crippen LogP contribution >= 0.6 is 0 Å². The lowest BCUT2D eigenvalue weighted by molar-refractivity contribution is -0.0881. The first-order chi connectivity index (χ1) is 14.7. The Hall–Kier alpha value is -3.58. The number of aromatic nitrogens is 1. The van der Waals surface area contributed by atoms with Crippen LogP contribution in [0, 0.1) is 17.1 Å². The molecular weight excluding hydrogens is 408 g/mol. The topological polar surface area (TPSA) is 123 Å². The van der Waals surface area contributed by atoms with Crippen LogP contribution in [-0.2, 0) is 15.0 Å². The number of ether oxygens (including phenoxy) is 2. The number of anilines is 1. The molecule has 162 valence electrons. The van der Waals surface area contributed by atoms with Crippen LogP contribution < -0.4 is 11.1 Å². The molecule has 0 aliphatic carbocycles. The van der Waals surface area contributed by atoms with Gasteiger partial charge in [-0.05, 0) is 44.2 Å². The van der Waals surface area contributed by atoms with E-state index in [9.17, 15) is 13.6 Å². The van der Waals surface area contributed by atoms with Gasteiger partial charge in [0.1, 0.15) is 35.4 Å². The van der Waals surface area contributed by atoms with Gasteiger partial charge in [-0.1, -0.05) is 0 Å². The molecule has 1 unspecified atom stereocenters. The molecule has 4 atom stereocenters. The number of benzene rings is 1. The normalized spacial score (nSPS) is 23.8. The van der Waals surface area contributed by atoms with Crippen molar-refractivity contribution in [2.75, 3.05) is 12.4 Å². The summed E-state index contributed by atoms with van der Waals surface area (Å²) in [5.74, 6) is -1.19. The summed E-state index contributed by atoms with van der Waals surface area (Å²) in [6.07, 6.45) is -2.28. The molecule has 2 aromatic rings. The summed E-state index contributed by atoms with van der Waals surface area (Å²) in [7, 11) is 1.35. The monoisotopic (exact) mass is 429 g/mol. The van der Waals surface area contributed by atoms with E-state index in [0.717, 1.165) is 6.07 Å². The number of carbonyl (C=O) groups excluding carboxylic acids is 1. The summed E-state index contributed by atoms with van der Waals surface area (Å²) in [6, 6.07) is 8.39. The van der Waals surface area contributed by atoms with Crippen molar-refractivity contribution in [2.24, 2.45) is 10.7 Å². The second-order valence-corrected chi connectivity index (χ2v) is 7.21. The average Bonchev–Trinajstić information content (AvgIpc) is 2.74. The van der Waals surface area contributed by atoms with Gasteiger partial charge in [0.2, 0.25) is 0 Å². The Bertz CT molecular complexity index is 1050. The van der Waals surface area contributed by atoms with E-state index in [1.54, 1.807) is 6.92 Å². The van der Waals surface area contributed by atoms with Crippen LogP contribution in [-0.4, -0.2) is 42.4 Å². The highest BCUT2D eigenvalue weighted by Crippen LogP contribution is 2.40. The maximum absolute atomic E-state index is 14.9. The molecule has 0 fully saturated rings. The van der Waals surface area contributed by atoms with Gasteiger partial charge in [0.25, 0.3) is 11.9 Å². The SMILES string of the molecule is CO[C@H]1[C@@H](C(C)F)OC(N)=N[C@]1(C)c1cc(NC(=O)c2ccc(C#N)cn2)ccc1F. The van der Waals surface area contributed by atoms with E-state index >= 15 is 0 Å². The molecule has 1 aromatic carbocycles. The quantitative estimate of drug-likeness (QED) is 0.753. The smallest absolute Gasteiger partial charge is 0.283 e. The Kier molecular flexibility index (Phi) is 6.17. The molecule has 0 radical (unpaired) electrons. The molecule has 1 amide bonds. The number of pyridine rings is 1. The number of rotatable bonds is 5. The van der Waals surface area contributed by atoms with Crippen molar-refractivity contribution in [3.05, 3.63) is 59.2 Å². The summed E-state index contributed by atoms with van der Waals surface area (Å²) >= 11 is 0. The zero-order valence-corrected chi connectivity index (χ0v) is 17.1. The highest BCUT2D eigenvalue weighted by Gasteiger charge is 2.49. The predicted molar refractivity (Wildman–Crippen MR) is 109 cm³/mol. The number of hydrogen-bond acceptors (Lipinski definition) is 7. The number of alkyl halides is 1. The highest BCUT2D eigenvalue weighted by molar-refractivity contribution is 6.02. The number of amidine groups is 1.